The third-order valence-electron chi connectivity index (χ3n) is 1.29. The molecule has 0 fully saturated rings. The molecule has 1 rings (SSSR count). The van der Waals surface area contributed by atoms with Crippen LogP contribution < -0.4 is 4.72 Å². The maximum absolute atomic E-state index is 11.4. The van der Waals surface area contributed by atoms with Crippen LogP contribution in [0.15, 0.2) is 10.3 Å². The molecule has 1 heterocycles. The fourth-order valence-corrected chi connectivity index (χ4v) is 3.66. The highest BCUT2D eigenvalue weighted by molar-refractivity contribution is 7.91. The van der Waals surface area contributed by atoms with Gasteiger partial charge in [-0.15, -0.1) is 11.3 Å². The van der Waals surface area contributed by atoms with Gasteiger partial charge >= 0.3 is 0 Å². The molecule has 0 aliphatic heterocycles. The minimum atomic E-state index is -3.58. The first kappa shape index (κ1) is 12.2. The Labute approximate surface area is 95.5 Å². The van der Waals surface area contributed by atoms with Crippen molar-refractivity contribution in [3.63, 3.8) is 0 Å². The highest BCUT2D eigenvalue weighted by Crippen LogP contribution is 2.33. The Morgan fingerprint density at radius 1 is 1.50 bits per heavy atom. The number of aliphatic hydroxyl groups is 1. The predicted octanol–water partition coefficient (Wildman–Crippen LogP) is 1.33. The highest BCUT2D eigenvalue weighted by atomic mass is 35.5. The van der Waals surface area contributed by atoms with Gasteiger partial charge in [0, 0.05) is 6.54 Å². The van der Waals surface area contributed by atoms with E-state index in [0.717, 1.165) is 11.3 Å². The summed E-state index contributed by atoms with van der Waals surface area (Å²) in [7, 11) is -3.58. The Balaban J connectivity index is 2.93. The van der Waals surface area contributed by atoms with Gasteiger partial charge in [0.1, 0.15) is 8.55 Å². The molecule has 4 nitrogen and oxygen atoms in total. The number of hydrogen-bond donors (Lipinski definition) is 2. The Morgan fingerprint density at radius 3 is 2.57 bits per heavy atom. The van der Waals surface area contributed by atoms with E-state index in [4.69, 9.17) is 28.3 Å². The van der Waals surface area contributed by atoms with E-state index in [1.807, 2.05) is 0 Å². The minimum absolute atomic E-state index is 0.0323. The summed E-state index contributed by atoms with van der Waals surface area (Å²) in [5, 5.41) is 8.67. The first-order valence-corrected chi connectivity index (χ1v) is 6.58. The summed E-state index contributed by atoms with van der Waals surface area (Å²) in [4.78, 5) is 0. The summed E-state index contributed by atoms with van der Waals surface area (Å²) in [6, 6.07) is 1.27. The summed E-state index contributed by atoms with van der Waals surface area (Å²) in [6.45, 7) is -0.290. The predicted molar refractivity (Wildman–Crippen MR) is 56.6 cm³/mol. The number of thiophene rings is 1. The zero-order valence-corrected chi connectivity index (χ0v) is 9.97. The molecule has 0 amide bonds. The van der Waals surface area contributed by atoms with Gasteiger partial charge in [0.05, 0.1) is 11.6 Å². The number of sulfonamides is 1. The van der Waals surface area contributed by atoms with Gasteiger partial charge in [-0.2, -0.15) is 0 Å². The van der Waals surface area contributed by atoms with Crippen LogP contribution in [0.25, 0.3) is 0 Å². The van der Waals surface area contributed by atoms with Gasteiger partial charge in [0.2, 0.25) is 10.0 Å². The smallest absolute Gasteiger partial charge is 0.250 e. The molecule has 2 N–H and O–H groups in total. The van der Waals surface area contributed by atoms with Gasteiger partial charge in [-0.05, 0) is 6.07 Å². The van der Waals surface area contributed by atoms with Crippen LogP contribution in [-0.4, -0.2) is 26.7 Å². The maximum Gasteiger partial charge on any atom is 0.250 e. The molecule has 0 unspecified atom stereocenters. The Kier molecular flexibility index (Phi) is 4.17. The quantitative estimate of drug-likeness (QED) is 0.871. The summed E-state index contributed by atoms with van der Waals surface area (Å²) < 4.78 is 25.3. The molecule has 0 aromatic carbocycles. The van der Waals surface area contributed by atoms with Crippen LogP contribution in [0.5, 0.6) is 0 Å². The molecule has 80 valence electrons. The van der Waals surface area contributed by atoms with E-state index >= 15 is 0 Å². The third kappa shape index (κ3) is 2.82. The summed E-state index contributed by atoms with van der Waals surface area (Å²) in [5.74, 6) is 0. The minimum Gasteiger partial charge on any atom is -0.395 e. The topological polar surface area (TPSA) is 66.4 Å². The van der Waals surface area contributed by atoms with Crippen molar-refractivity contribution in [3.05, 3.63) is 15.4 Å². The van der Waals surface area contributed by atoms with Gasteiger partial charge in [0.15, 0.2) is 0 Å². The van der Waals surface area contributed by atoms with Crippen molar-refractivity contribution < 1.29 is 13.5 Å². The van der Waals surface area contributed by atoms with E-state index in [2.05, 4.69) is 4.72 Å². The third-order valence-corrected chi connectivity index (χ3v) is 5.09. The van der Waals surface area contributed by atoms with Crippen LogP contribution in [-0.2, 0) is 10.0 Å². The second kappa shape index (κ2) is 4.78. The summed E-state index contributed by atoms with van der Waals surface area (Å²) in [5.41, 5.74) is 0. The average Bonchev–Trinajstić information content (AvgIpc) is 2.45. The molecule has 0 saturated heterocycles. The van der Waals surface area contributed by atoms with Gasteiger partial charge in [-0.1, -0.05) is 23.2 Å². The number of halogens is 2. The summed E-state index contributed by atoms with van der Waals surface area (Å²) in [6.07, 6.45) is 0. The van der Waals surface area contributed by atoms with E-state index in [1.165, 1.54) is 6.07 Å². The lowest BCUT2D eigenvalue weighted by atomic mass is 10.7. The standard InChI is InChI=1S/C6H7Cl2NO3S2/c7-4-3-5(13-6(4)8)14(11,12)9-1-2-10/h3,9-10H,1-2H2. The van der Waals surface area contributed by atoms with Gasteiger partial charge in [0.25, 0.3) is 0 Å². The van der Waals surface area contributed by atoms with Crippen molar-refractivity contribution in [3.8, 4) is 0 Å². The molecular weight excluding hydrogens is 269 g/mol. The molecule has 0 radical (unpaired) electrons. The van der Waals surface area contributed by atoms with E-state index in [0.29, 0.717) is 0 Å². The van der Waals surface area contributed by atoms with Crippen LogP contribution in [0.3, 0.4) is 0 Å². The van der Waals surface area contributed by atoms with E-state index in [9.17, 15) is 8.42 Å². The number of aliphatic hydroxyl groups excluding tert-OH is 1. The summed E-state index contributed by atoms with van der Waals surface area (Å²) >= 11 is 12.1. The Hall–Kier alpha value is 0.150. The molecule has 1 aromatic rings. The van der Waals surface area contributed by atoms with Crippen LogP contribution in [0.1, 0.15) is 0 Å². The molecule has 0 saturated carbocycles. The average molecular weight is 276 g/mol. The first-order valence-electron chi connectivity index (χ1n) is 3.52. The fraction of sp³-hybridized carbons (Fsp3) is 0.333. The number of rotatable bonds is 4. The maximum atomic E-state index is 11.4. The highest BCUT2D eigenvalue weighted by Gasteiger charge is 2.18. The van der Waals surface area contributed by atoms with Crippen molar-refractivity contribution in [2.24, 2.45) is 0 Å². The molecule has 14 heavy (non-hydrogen) atoms. The zero-order chi connectivity index (χ0) is 10.8. The monoisotopic (exact) mass is 275 g/mol. The van der Waals surface area contributed by atoms with Crippen molar-refractivity contribution in [2.75, 3.05) is 13.2 Å². The molecule has 0 bridgehead atoms. The van der Waals surface area contributed by atoms with Crippen LogP contribution in [0.2, 0.25) is 9.36 Å². The van der Waals surface area contributed by atoms with Crippen molar-refractivity contribution in [1.29, 1.82) is 0 Å². The van der Waals surface area contributed by atoms with Crippen LogP contribution in [0.4, 0.5) is 0 Å². The SMILES string of the molecule is O=S(=O)(NCCO)c1cc(Cl)c(Cl)s1. The van der Waals surface area contributed by atoms with Crippen LogP contribution >= 0.6 is 34.5 Å². The molecule has 0 aliphatic carbocycles. The lowest BCUT2D eigenvalue weighted by molar-refractivity contribution is 0.301. The van der Waals surface area contributed by atoms with E-state index < -0.39 is 10.0 Å². The second-order valence-electron chi connectivity index (χ2n) is 2.31. The van der Waals surface area contributed by atoms with Crippen molar-refractivity contribution in [1.82, 2.24) is 4.72 Å². The second-order valence-corrected chi connectivity index (χ2v) is 6.36. The Morgan fingerprint density at radius 2 is 2.14 bits per heavy atom. The van der Waals surface area contributed by atoms with Gasteiger partial charge < -0.3 is 5.11 Å². The lowest BCUT2D eigenvalue weighted by Gasteiger charge is -2.00. The van der Waals surface area contributed by atoms with E-state index in [1.54, 1.807) is 0 Å². The number of hydrogen-bond acceptors (Lipinski definition) is 4. The van der Waals surface area contributed by atoms with E-state index in [-0.39, 0.29) is 26.7 Å². The molecule has 0 spiro atoms. The normalized spacial score (nSPS) is 11.9. The molecular formula is C6H7Cl2NO3S2. The Bertz CT molecular complexity index is 395. The fourth-order valence-electron chi connectivity index (χ4n) is 0.710. The zero-order valence-electron chi connectivity index (χ0n) is 6.83. The van der Waals surface area contributed by atoms with Crippen molar-refractivity contribution >= 4 is 44.6 Å². The first-order chi connectivity index (χ1) is 6.47. The van der Waals surface area contributed by atoms with Crippen LogP contribution in [0, 0.1) is 0 Å². The lowest BCUT2D eigenvalue weighted by Crippen LogP contribution is -2.25. The van der Waals surface area contributed by atoms with Gasteiger partial charge in [-0.3, -0.25) is 0 Å². The molecule has 0 atom stereocenters. The van der Waals surface area contributed by atoms with Gasteiger partial charge in [-0.25, -0.2) is 13.1 Å². The van der Waals surface area contributed by atoms with Crippen molar-refractivity contribution in [2.45, 2.75) is 4.21 Å². The molecule has 8 heteroatoms. The largest absolute Gasteiger partial charge is 0.395 e. The molecule has 0 aliphatic rings. The number of nitrogens with one attached hydrogen (secondary N) is 1. The molecule has 1 aromatic heterocycles.